The molecule has 0 saturated carbocycles. The third-order valence-electron chi connectivity index (χ3n) is 3.48. The van der Waals surface area contributed by atoms with Gasteiger partial charge in [-0.05, 0) is 18.2 Å². The molecular formula is C14H9Cl2N3O3. The van der Waals surface area contributed by atoms with Crippen molar-refractivity contribution in [1.82, 2.24) is 9.13 Å². The highest BCUT2D eigenvalue weighted by Crippen LogP contribution is 2.29. The maximum atomic E-state index is 12.5. The second kappa shape index (κ2) is 4.93. The Hall–Kier alpha value is -2.18. The van der Waals surface area contributed by atoms with Crippen LogP contribution in [0.2, 0.25) is 10.0 Å². The fourth-order valence-electron chi connectivity index (χ4n) is 2.33. The number of hydrogen-bond acceptors (Lipinski definition) is 4. The summed E-state index contributed by atoms with van der Waals surface area (Å²) in [6.45, 7) is 0. The molecule has 2 heterocycles. The van der Waals surface area contributed by atoms with E-state index in [0.29, 0.717) is 10.6 Å². The van der Waals surface area contributed by atoms with E-state index >= 15 is 0 Å². The van der Waals surface area contributed by atoms with Gasteiger partial charge in [-0.15, -0.1) is 0 Å². The van der Waals surface area contributed by atoms with Crippen LogP contribution < -0.4 is 11.2 Å². The molecule has 8 heteroatoms. The third kappa shape index (κ3) is 1.95. The highest BCUT2D eigenvalue weighted by atomic mass is 35.5. The minimum absolute atomic E-state index is 0.0231. The van der Waals surface area contributed by atoms with Gasteiger partial charge in [-0.25, -0.2) is 9.79 Å². The summed E-state index contributed by atoms with van der Waals surface area (Å²) in [6, 6.07) is 4.60. The second-order valence-corrected chi connectivity index (χ2v) is 5.66. The monoisotopic (exact) mass is 337 g/mol. The van der Waals surface area contributed by atoms with Gasteiger partial charge in [0.05, 0.1) is 5.02 Å². The summed E-state index contributed by atoms with van der Waals surface area (Å²) in [6.07, 6.45) is 0. The Labute approximate surface area is 134 Å². The molecule has 1 aromatic heterocycles. The summed E-state index contributed by atoms with van der Waals surface area (Å²) in [7, 11) is 2.75. The maximum absolute atomic E-state index is 12.5. The minimum Gasteiger partial charge on any atom is -0.291 e. The minimum atomic E-state index is -0.619. The van der Waals surface area contributed by atoms with Crippen molar-refractivity contribution in [3.8, 4) is 0 Å². The molecule has 0 bridgehead atoms. The number of carbonyl (C=O) groups excluding carboxylic acids is 1. The van der Waals surface area contributed by atoms with Gasteiger partial charge in [0.1, 0.15) is 11.4 Å². The molecule has 0 radical (unpaired) electrons. The zero-order valence-corrected chi connectivity index (χ0v) is 13.1. The number of aliphatic imine (C=N–C) groups is 1. The predicted octanol–water partition coefficient (Wildman–Crippen LogP) is 1.71. The zero-order chi connectivity index (χ0) is 16.2. The first-order chi connectivity index (χ1) is 10.3. The Bertz CT molecular complexity index is 986. The zero-order valence-electron chi connectivity index (χ0n) is 11.6. The Morgan fingerprint density at radius 2 is 1.73 bits per heavy atom. The summed E-state index contributed by atoms with van der Waals surface area (Å²) in [5.41, 5.74) is -0.913. The van der Waals surface area contributed by atoms with Gasteiger partial charge in [0.25, 0.3) is 5.56 Å². The highest BCUT2D eigenvalue weighted by Gasteiger charge is 2.32. The lowest BCUT2D eigenvalue weighted by molar-refractivity contribution is 0.106. The van der Waals surface area contributed by atoms with Gasteiger partial charge in [-0.2, -0.15) is 0 Å². The molecule has 0 fully saturated rings. The van der Waals surface area contributed by atoms with Crippen molar-refractivity contribution in [2.45, 2.75) is 0 Å². The molecule has 0 unspecified atom stereocenters. The standard InChI is InChI=1S/C14H9Cl2N3O3/c1-18-11-10(13(21)19(2)14(18)22)17-9(12(11)20)7-4-3-6(15)5-8(7)16/h3-5H,1-2H3. The molecule has 0 atom stereocenters. The van der Waals surface area contributed by atoms with Gasteiger partial charge in [0.15, 0.2) is 5.69 Å². The molecule has 112 valence electrons. The summed E-state index contributed by atoms with van der Waals surface area (Å²) in [5.74, 6) is -0.517. The normalized spacial score (nSPS) is 13.3. The number of halogens is 2. The molecule has 1 aliphatic rings. The Balaban J connectivity index is 2.30. The number of fused-ring (bicyclic) bond motifs is 1. The number of hydrogen-bond donors (Lipinski definition) is 0. The molecule has 1 aromatic carbocycles. The van der Waals surface area contributed by atoms with Crippen LogP contribution in [-0.4, -0.2) is 20.6 Å². The molecule has 22 heavy (non-hydrogen) atoms. The fourth-order valence-corrected chi connectivity index (χ4v) is 2.82. The maximum Gasteiger partial charge on any atom is 0.331 e. The van der Waals surface area contributed by atoms with Crippen molar-refractivity contribution in [2.75, 3.05) is 0 Å². The van der Waals surface area contributed by atoms with E-state index in [2.05, 4.69) is 4.99 Å². The largest absolute Gasteiger partial charge is 0.331 e. The van der Waals surface area contributed by atoms with E-state index in [-0.39, 0.29) is 22.1 Å². The van der Waals surface area contributed by atoms with Crippen LogP contribution in [-0.2, 0) is 14.1 Å². The van der Waals surface area contributed by atoms with E-state index < -0.39 is 17.0 Å². The molecule has 0 spiro atoms. The molecular weight excluding hydrogens is 329 g/mol. The molecule has 0 amide bonds. The Kier molecular flexibility index (Phi) is 3.30. The summed E-state index contributed by atoms with van der Waals surface area (Å²) >= 11 is 11.9. The number of aromatic nitrogens is 2. The van der Waals surface area contributed by atoms with E-state index in [1.165, 1.54) is 20.2 Å². The summed E-state index contributed by atoms with van der Waals surface area (Å²) in [4.78, 5) is 40.7. The topological polar surface area (TPSA) is 73.4 Å². The van der Waals surface area contributed by atoms with Crippen LogP contribution in [0.1, 0.15) is 16.1 Å². The molecule has 0 aliphatic carbocycles. The molecule has 1 aliphatic heterocycles. The molecule has 3 rings (SSSR count). The van der Waals surface area contributed by atoms with Crippen LogP contribution in [0.3, 0.4) is 0 Å². The number of nitrogens with zero attached hydrogens (tertiary/aromatic N) is 3. The average Bonchev–Trinajstić information content (AvgIpc) is 2.81. The van der Waals surface area contributed by atoms with Gasteiger partial charge in [-0.3, -0.25) is 18.7 Å². The van der Waals surface area contributed by atoms with Gasteiger partial charge in [-0.1, -0.05) is 23.2 Å². The lowest BCUT2D eigenvalue weighted by Crippen LogP contribution is -2.38. The van der Waals surface area contributed by atoms with Gasteiger partial charge >= 0.3 is 5.69 Å². The van der Waals surface area contributed by atoms with Crippen LogP contribution in [0.25, 0.3) is 0 Å². The number of rotatable bonds is 1. The van der Waals surface area contributed by atoms with Crippen molar-refractivity contribution in [1.29, 1.82) is 0 Å². The van der Waals surface area contributed by atoms with E-state index in [0.717, 1.165) is 9.13 Å². The van der Waals surface area contributed by atoms with E-state index in [9.17, 15) is 14.4 Å². The first-order valence-electron chi connectivity index (χ1n) is 6.21. The van der Waals surface area contributed by atoms with Crippen molar-refractivity contribution in [3.05, 3.63) is 60.3 Å². The number of ketones is 1. The lowest BCUT2D eigenvalue weighted by Gasteiger charge is -2.06. The van der Waals surface area contributed by atoms with E-state index in [1.807, 2.05) is 0 Å². The Morgan fingerprint density at radius 1 is 1.05 bits per heavy atom. The molecule has 0 saturated heterocycles. The summed E-state index contributed by atoms with van der Waals surface area (Å²) < 4.78 is 2.02. The first-order valence-corrected chi connectivity index (χ1v) is 6.97. The van der Waals surface area contributed by atoms with Crippen LogP contribution in [0, 0.1) is 0 Å². The van der Waals surface area contributed by atoms with E-state index in [1.54, 1.807) is 12.1 Å². The third-order valence-corrected chi connectivity index (χ3v) is 4.03. The van der Waals surface area contributed by atoms with Crippen molar-refractivity contribution in [2.24, 2.45) is 19.1 Å². The molecule has 6 nitrogen and oxygen atoms in total. The molecule has 2 aromatic rings. The van der Waals surface area contributed by atoms with Crippen LogP contribution in [0.15, 0.2) is 32.8 Å². The second-order valence-electron chi connectivity index (χ2n) is 4.82. The van der Waals surface area contributed by atoms with Crippen LogP contribution in [0.4, 0.5) is 5.69 Å². The van der Waals surface area contributed by atoms with Crippen molar-refractivity contribution in [3.63, 3.8) is 0 Å². The lowest BCUT2D eigenvalue weighted by atomic mass is 10.1. The van der Waals surface area contributed by atoms with Gasteiger partial charge in [0, 0.05) is 24.7 Å². The predicted molar refractivity (Wildman–Crippen MR) is 83.9 cm³/mol. The Morgan fingerprint density at radius 3 is 2.36 bits per heavy atom. The average molecular weight is 338 g/mol. The van der Waals surface area contributed by atoms with Crippen molar-refractivity contribution >= 4 is 40.4 Å². The SMILES string of the molecule is Cn1c2c(c(=O)n(C)c1=O)N=C(c1ccc(Cl)cc1Cl)C2=O. The quantitative estimate of drug-likeness (QED) is 0.795. The van der Waals surface area contributed by atoms with Crippen LogP contribution in [0.5, 0.6) is 0 Å². The van der Waals surface area contributed by atoms with Gasteiger partial charge < -0.3 is 0 Å². The van der Waals surface area contributed by atoms with Crippen molar-refractivity contribution < 1.29 is 4.79 Å². The molecule has 0 N–H and O–H groups in total. The van der Waals surface area contributed by atoms with E-state index in [4.69, 9.17) is 23.2 Å². The smallest absolute Gasteiger partial charge is 0.291 e. The highest BCUT2D eigenvalue weighted by molar-refractivity contribution is 6.56. The number of carbonyl (C=O) groups is 1. The first kappa shape index (κ1) is 14.7. The van der Waals surface area contributed by atoms with Crippen LogP contribution >= 0.6 is 23.2 Å². The summed E-state index contributed by atoms with van der Waals surface area (Å²) in [5, 5.41) is 0.662. The van der Waals surface area contributed by atoms with Gasteiger partial charge in [0.2, 0.25) is 5.78 Å². The number of Topliss-reactive ketones (excluding diaryl/α,β-unsaturated/α-hetero) is 1. The number of benzene rings is 1. The fraction of sp³-hybridized carbons (Fsp3) is 0.143.